The van der Waals surface area contributed by atoms with Crippen molar-refractivity contribution in [2.45, 2.75) is 6.04 Å². The predicted octanol–water partition coefficient (Wildman–Crippen LogP) is 11.9. The van der Waals surface area contributed by atoms with Crippen molar-refractivity contribution in [2.75, 3.05) is 0 Å². The van der Waals surface area contributed by atoms with Crippen LogP contribution in [-0.2, 0) is 0 Å². The summed E-state index contributed by atoms with van der Waals surface area (Å²) in [5.74, 6) is 1.82. The molecule has 3 heterocycles. The van der Waals surface area contributed by atoms with Crippen molar-refractivity contribution in [3.63, 3.8) is 0 Å². The van der Waals surface area contributed by atoms with Crippen molar-refractivity contribution in [3.05, 3.63) is 216 Å². The summed E-state index contributed by atoms with van der Waals surface area (Å²) in [6.07, 6.45) is 8.33. The third-order valence-electron chi connectivity index (χ3n) is 11.6. The molecule has 0 radical (unpaired) electrons. The molecule has 0 bridgehead atoms. The number of hydrogen-bond acceptors (Lipinski definition) is 4. The Morgan fingerprint density at radius 1 is 0.441 bits per heavy atom. The fraction of sp³-hybridized carbons (Fsp3) is 0.0185. The van der Waals surface area contributed by atoms with Crippen molar-refractivity contribution >= 4 is 54.6 Å². The highest BCUT2D eigenvalue weighted by molar-refractivity contribution is 6.08. The van der Waals surface area contributed by atoms with Gasteiger partial charge in [0, 0.05) is 27.3 Å². The molecular weight excluding hydrogens is 721 g/mol. The van der Waals surface area contributed by atoms with E-state index in [1.165, 1.54) is 21.5 Å². The number of benzene rings is 8. The van der Waals surface area contributed by atoms with E-state index >= 15 is 0 Å². The van der Waals surface area contributed by atoms with Crippen LogP contribution in [0.25, 0.3) is 105 Å². The molecule has 10 aromatic rings. The summed E-state index contributed by atoms with van der Waals surface area (Å²) in [6.45, 7) is 0. The molecule has 0 N–H and O–H groups in total. The maximum absolute atomic E-state index is 6.53. The summed E-state index contributed by atoms with van der Waals surface area (Å²) in [5, 5.41) is 14.6. The van der Waals surface area contributed by atoms with Crippen LogP contribution in [0, 0.1) is 0 Å². The number of aromatic nitrogens is 3. The van der Waals surface area contributed by atoms with Gasteiger partial charge in [-0.15, -0.1) is 5.70 Å². The zero-order valence-corrected chi connectivity index (χ0v) is 31.7. The lowest BCUT2D eigenvalue weighted by molar-refractivity contribution is 0.569. The number of rotatable bonds is 5. The van der Waals surface area contributed by atoms with Crippen molar-refractivity contribution in [1.29, 1.82) is 0 Å². The summed E-state index contributed by atoms with van der Waals surface area (Å²) in [4.78, 5) is 15.5. The van der Waals surface area contributed by atoms with Crippen LogP contribution in [0.4, 0.5) is 0 Å². The second kappa shape index (κ2) is 13.4. The minimum atomic E-state index is -0.133. The van der Waals surface area contributed by atoms with Crippen LogP contribution in [-0.4, -0.2) is 21.0 Å². The first-order valence-electron chi connectivity index (χ1n) is 19.9. The molecule has 2 aromatic heterocycles. The molecule has 0 saturated carbocycles. The van der Waals surface area contributed by atoms with Crippen molar-refractivity contribution in [2.24, 2.45) is 0 Å². The summed E-state index contributed by atoms with van der Waals surface area (Å²) in [6, 6.07) is 59.4. The van der Waals surface area contributed by atoms with E-state index in [1.807, 2.05) is 18.2 Å². The number of nitrogens with zero attached hydrogens (tertiary/aromatic N) is 4. The third-order valence-corrected chi connectivity index (χ3v) is 11.6. The van der Waals surface area contributed by atoms with Crippen LogP contribution in [0.15, 0.2) is 199 Å². The van der Waals surface area contributed by atoms with Gasteiger partial charge in [-0.3, -0.25) is 0 Å². The van der Waals surface area contributed by atoms with Gasteiger partial charge in [0.2, 0.25) is 0 Å². The first-order chi connectivity index (χ1) is 29.2. The quantitative estimate of drug-likeness (QED) is 0.164. The first-order valence-corrected chi connectivity index (χ1v) is 19.9. The van der Waals surface area contributed by atoms with Gasteiger partial charge < -0.3 is 9.73 Å². The Morgan fingerprint density at radius 3 is 1.97 bits per heavy atom. The van der Waals surface area contributed by atoms with E-state index in [1.54, 1.807) is 0 Å². The van der Waals surface area contributed by atoms with Gasteiger partial charge in [0.15, 0.2) is 17.5 Å². The van der Waals surface area contributed by atoms with Crippen molar-refractivity contribution in [3.8, 4) is 45.3 Å². The Morgan fingerprint density at radius 2 is 1.08 bits per heavy atom. The summed E-state index contributed by atoms with van der Waals surface area (Å²) >= 11 is 0. The van der Waals surface area contributed by atoms with Gasteiger partial charge in [-0.2, -0.15) is 0 Å². The lowest BCUT2D eigenvalue weighted by atomic mass is 9.94. The Hall–Kier alpha value is -7.89. The number of fused-ring (bicyclic) bond motifs is 8. The third kappa shape index (κ3) is 5.58. The fourth-order valence-electron chi connectivity index (χ4n) is 8.74. The molecule has 59 heavy (non-hydrogen) atoms. The van der Waals surface area contributed by atoms with E-state index in [-0.39, 0.29) is 6.04 Å². The molecule has 0 spiro atoms. The lowest BCUT2D eigenvalue weighted by Gasteiger charge is -2.38. The molecule has 276 valence electrons. The second-order valence-electron chi connectivity index (χ2n) is 15.1. The number of hydrogen-bond donors (Lipinski definition) is 0. The average Bonchev–Trinajstić information content (AvgIpc) is 3.71. The van der Waals surface area contributed by atoms with Crippen LogP contribution < -0.4 is 10.6 Å². The predicted molar refractivity (Wildman–Crippen MR) is 241 cm³/mol. The minimum Gasteiger partial charge on any atom is -0.674 e. The first kappa shape index (κ1) is 33.3. The number of allylic oxidation sites excluding steroid dienone is 2. The van der Waals surface area contributed by atoms with E-state index < -0.39 is 0 Å². The maximum atomic E-state index is 6.53. The molecule has 2 aliphatic rings. The number of furan rings is 1. The molecule has 0 saturated heterocycles. The highest BCUT2D eigenvalue weighted by atomic mass is 16.3. The van der Waals surface area contributed by atoms with Gasteiger partial charge in [-0.05, 0) is 72.8 Å². The molecule has 1 atom stereocenters. The topological polar surface area (TPSA) is 65.9 Å². The molecule has 8 aromatic carbocycles. The van der Waals surface area contributed by atoms with E-state index in [4.69, 9.17) is 24.7 Å². The van der Waals surface area contributed by atoms with Gasteiger partial charge in [0.1, 0.15) is 11.0 Å². The van der Waals surface area contributed by atoms with Gasteiger partial charge in [0.25, 0.3) is 0 Å². The standard InChI is InChI=1S/C54H33N4O/c1-4-17-42-34(11-1)13-10-20-44(42)54-57-52(36-26-23-33(24-27-36)37-29-30-43-38(31-37)28-25-35-12-2-3-16-41(35)43)56-53(58-54)40-15-9-14-39(32-40)50-49-46-19-6-8-22-48(46)59-51(49)45-18-5-7-21-47(45)55-50/h1-32,47H/q-1. The Kier molecular flexibility index (Phi) is 7.53. The molecule has 0 amide bonds. The molecule has 5 heteroatoms. The van der Waals surface area contributed by atoms with Gasteiger partial charge in [-0.25, -0.2) is 15.0 Å². The van der Waals surface area contributed by atoms with E-state index in [0.29, 0.717) is 17.5 Å². The Balaban J connectivity index is 0.999. The smallest absolute Gasteiger partial charge is 0.164 e. The van der Waals surface area contributed by atoms with Gasteiger partial charge in [0.05, 0.1) is 0 Å². The molecule has 12 rings (SSSR count). The van der Waals surface area contributed by atoms with Crippen LogP contribution >= 0.6 is 0 Å². The van der Waals surface area contributed by atoms with Crippen LogP contribution in [0.3, 0.4) is 0 Å². The zero-order chi connectivity index (χ0) is 38.9. The molecule has 0 fully saturated rings. The highest BCUT2D eigenvalue weighted by Crippen LogP contribution is 2.35. The Labute approximate surface area is 339 Å². The molecule has 1 aliphatic carbocycles. The Bertz CT molecular complexity index is 3540. The summed E-state index contributed by atoms with van der Waals surface area (Å²) < 4.78 is 6.53. The van der Waals surface area contributed by atoms with Crippen LogP contribution in [0.1, 0.15) is 5.56 Å². The second-order valence-corrected chi connectivity index (χ2v) is 15.1. The molecular formula is C54H33N4O-. The number of para-hydroxylation sites is 1. The summed E-state index contributed by atoms with van der Waals surface area (Å²) in [7, 11) is 0. The van der Waals surface area contributed by atoms with E-state index in [0.717, 1.165) is 77.0 Å². The zero-order valence-electron chi connectivity index (χ0n) is 31.7. The maximum Gasteiger partial charge on any atom is 0.164 e. The average molecular weight is 754 g/mol. The van der Waals surface area contributed by atoms with Crippen molar-refractivity contribution < 1.29 is 4.42 Å². The minimum absolute atomic E-state index is 0.133. The lowest BCUT2D eigenvalue weighted by Crippen LogP contribution is -2.34. The fourth-order valence-corrected chi connectivity index (χ4v) is 8.74. The van der Waals surface area contributed by atoms with Crippen LogP contribution in [0.2, 0.25) is 0 Å². The molecule has 1 aliphatic heterocycles. The monoisotopic (exact) mass is 753 g/mol. The summed E-state index contributed by atoms with van der Waals surface area (Å²) in [5.41, 5.74) is 9.67. The molecule has 5 nitrogen and oxygen atoms in total. The van der Waals surface area contributed by atoms with Gasteiger partial charge in [-0.1, -0.05) is 182 Å². The highest BCUT2D eigenvalue weighted by Gasteiger charge is 2.19. The van der Waals surface area contributed by atoms with Crippen LogP contribution in [0.5, 0.6) is 0 Å². The van der Waals surface area contributed by atoms with Crippen molar-refractivity contribution in [1.82, 2.24) is 15.0 Å². The van der Waals surface area contributed by atoms with E-state index in [9.17, 15) is 0 Å². The SMILES string of the molecule is C1=CC2=c3oc4ccccc4c3=C(c3cccc(-c4nc(-c5ccc(-c6ccc7c(ccc8ccccc87)c6)cc5)nc(-c5cccc6ccccc56)n4)c3)[N-]C2C=C1. The molecule has 1 unspecified atom stereocenters. The van der Waals surface area contributed by atoms with Gasteiger partial charge >= 0.3 is 0 Å². The van der Waals surface area contributed by atoms with E-state index in [2.05, 4.69) is 176 Å². The largest absolute Gasteiger partial charge is 0.674 e. The normalized spacial score (nSPS) is 14.5.